The summed E-state index contributed by atoms with van der Waals surface area (Å²) in [5.74, 6) is -0.0287. The van der Waals surface area contributed by atoms with Gasteiger partial charge in [-0.05, 0) is 46.5 Å². The number of carbonyl (C=O) groups excluding carboxylic acids is 2. The molecule has 0 saturated carbocycles. The molecule has 0 unspecified atom stereocenters. The van der Waals surface area contributed by atoms with Crippen molar-refractivity contribution in [1.29, 1.82) is 0 Å². The van der Waals surface area contributed by atoms with Crippen molar-refractivity contribution in [2.75, 3.05) is 27.9 Å². The highest BCUT2D eigenvalue weighted by atomic mass is 16.6. The molecule has 280 valence electrons. The Morgan fingerprint density at radius 2 is 1.33 bits per heavy atom. The number of hydrogen-bond donors (Lipinski definition) is 2. The molecule has 13 nitrogen and oxygen atoms in total. The summed E-state index contributed by atoms with van der Waals surface area (Å²) in [4.78, 5) is 54.2. The second kappa shape index (κ2) is 16.8. The Kier molecular flexibility index (Phi) is 11.7. The van der Waals surface area contributed by atoms with Crippen molar-refractivity contribution in [1.82, 2.24) is 14.9 Å². The lowest BCUT2D eigenvalue weighted by atomic mass is 9.80. The highest BCUT2D eigenvalue weighted by Crippen LogP contribution is 2.43. The molecule has 0 spiro atoms. The molecular formula is C41H41N3O10. The first-order valence-corrected chi connectivity index (χ1v) is 17.2. The number of esters is 1. The monoisotopic (exact) mass is 735 g/mol. The lowest BCUT2D eigenvalue weighted by Gasteiger charge is -2.37. The lowest BCUT2D eigenvalue weighted by Crippen LogP contribution is -2.43. The molecule has 6 rings (SSSR count). The molecule has 4 aromatic carbocycles. The fourth-order valence-corrected chi connectivity index (χ4v) is 6.64. The Morgan fingerprint density at radius 1 is 0.778 bits per heavy atom. The molecule has 54 heavy (non-hydrogen) atoms. The largest absolute Gasteiger partial charge is 0.497 e. The van der Waals surface area contributed by atoms with E-state index in [2.05, 4.69) is 10.3 Å². The minimum atomic E-state index is -1.25. The van der Waals surface area contributed by atoms with Gasteiger partial charge in [-0.1, -0.05) is 84.9 Å². The molecule has 0 aliphatic carbocycles. The summed E-state index contributed by atoms with van der Waals surface area (Å²) < 4.78 is 37.1. The number of H-pyrrole nitrogens is 1. The van der Waals surface area contributed by atoms with Gasteiger partial charge in [0.1, 0.15) is 34.9 Å². The standard InChI is InChI=1S/C41H41N3O10/c1-26(45)53-35-34(54-39(36(35)51-4)44-24-33(38(47)43-40(44)48)37(46)42-23-27-11-7-5-8-12-27)25-52-41(28-13-9-6-10-14-28,29-15-19-31(49-2)20-16-29)30-17-21-32(50-3)22-18-30/h5-22,24,34-36,39H,23,25H2,1-4H3,(H,42,46)(H,43,47,48)/t34-,35-,36-,39-/m1/s1. The van der Waals surface area contributed by atoms with Gasteiger partial charge in [-0.25, -0.2) is 4.79 Å². The normalized spacial score (nSPS) is 18.1. The Morgan fingerprint density at radius 3 is 1.87 bits per heavy atom. The maximum atomic E-state index is 13.3. The van der Waals surface area contributed by atoms with E-state index < -0.39 is 53.3 Å². The molecule has 1 aliphatic rings. The van der Waals surface area contributed by atoms with Crippen molar-refractivity contribution >= 4 is 11.9 Å². The van der Waals surface area contributed by atoms with E-state index in [1.807, 2.05) is 109 Å². The third-order valence-corrected chi connectivity index (χ3v) is 9.28. The molecule has 2 heterocycles. The number of amides is 1. The van der Waals surface area contributed by atoms with Crippen LogP contribution in [0.1, 0.15) is 45.8 Å². The number of aromatic amines is 1. The number of nitrogens with zero attached hydrogens (tertiary/aromatic N) is 1. The van der Waals surface area contributed by atoms with E-state index in [9.17, 15) is 19.2 Å². The predicted molar refractivity (Wildman–Crippen MR) is 197 cm³/mol. The third-order valence-electron chi connectivity index (χ3n) is 9.28. The molecule has 1 amide bonds. The average Bonchev–Trinajstić information content (AvgIpc) is 3.54. The van der Waals surface area contributed by atoms with Gasteiger partial charge in [0.25, 0.3) is 11.5 Å². The molecule has 13 heteroatoms. The molecule has 0 bridgehead atoms. The first-order chi connectivity index (χ1) is 26.2. The van der Waals surface area contributed by atoms with Gasteiger partial charge < -0.3 is 33.7 Å². The fourth-order valence-electron chi connectivity index (χ4n) is 6.64. The number of carbonyl (C=O) groups is 2. The highest BCUT2D eigenvalue weighted by Gasteiger charge is 2.50. The first kappa shape index (κ1) is 37.7. The topological polar surface area (TPSA) is 156 Å². The van der Waals surface area contributed by atoms with Gasteiger partial charge in [-0.3, -0.25) is 23.9 Å². The average molecular weight is 736 g/mol. The summed E-state index contributed by atoms with van der Waals surface area (Å²) in [5.41, 5.74) is -0.198. The summed E-state index contributed by atoms with van der Waals surface area (Å²) in [6, 6.07) is 33.7. The number of nitrogens with one attached hydrogen (secondary N) is 2. The van der Waals surface area contributed by atoms with Gasteiger partial charge in [0.05, 0.1) is 20.8 Å². The minimum Gasteiger partial charge on any atom is -0.497 e. The van der Waals surface area contributed by atoms with Crippen LogP contribution in [-0.2, 0) is 35.9 Å². The molecule has 1 aromatic heterocycles. The van der Waals surface area contributed by atoms with Gasteiger partial charge in [0, 0.05) is 26.8 Å². The van der Waals surface area contributed by atoms with E-state index in [0.717, 1.165) is 33.0 Å². The van der Waals surface area contributed by atoms with Gasteiger partial charge in [0.15, 0.2) is 12.3 Å². The van der Waals surface area contributed by atoms with E-state index in [1.54, 1.807) is 14.2 Å². The maximum Gasteiger partial charge on any atom is 0.330 e. The Hall–Kier alpha value is -6.02. The number of benzene rings is 4. The van der Waals surface area contributed by atoms with Crippen molar-refractivity contribution in [2.45, 2.75) is 43.6 Å². The van der Waals surface area contributed by atoms with Crippen LogP contribution in [0.4, 0.5) is 0 Å². The highest BCUT2D eigenvalue weighted by molar-refractivity contribution is 5.93. The molecule has 1 aliphatic heterocycles. The zero-order chi connectivity index (χ0) is 38.2. The second-order valence-electron chi connectivity index (χ2n) is 12.5. The van der Waals surface area contributed by atoms with E-state index in [-0.39, 0.29) is 18.7 Å². The van der Waals surface area contributed by atoms with Crippen molar-refractivity contribution in [2.24, 2.45) is 0 Å². The van der Waals surface area contributed by atoms with Crippen molar-refractivity contribution in [3.8, 4) is 11.5 Å². The van der Waals surface area contributed by atoms with Crippen molar-refractivity contribution < 1.29 is 38.0 Å². The van der Waals surface area contributed by atoms with Crippen LogP contribution >= 0.6 is 0 Å². The summed E-state index contributed by atoms with van der Waals surface area (Å²) in [7, 11) is 4.55. The van der Waals surface area contributed by atoms with Crippen LogP contribution in [-0.4, -0.2) is 67.7 Å². The Bertz CT molecular complexity index is 2110. The number of methoxy groups -OCH3 is 3. The van der Waals surface area contributed by atoms with Crippen molar-refractivity contribution in [3.63, 3.8) is 0 Å². The van der Waals surface area contributed by atoms with E-state index in [1.165, 1.54) is 14.0 Å². The zero-order valence-corrected chi connectivity index (χ0v) is 30.2. The summed E-state index contributed by atoms with van der Waals surface area (Å²) >= 11 is 0. The van der Waals surface area contributed by atoms with Crippen LogP contribution in [0.2, 0.25) is 0 Å². The number of rotatable bonds is 14. The van der Waals surface area contributed by atoms with Crippen LogP contribution < -0.4 is 26.0 Å². The molecule has 1 saturated heterocycles. The third kappa shape index (κ3) is 7.83. The molecule has 2 N–H and O–H groups in total. The minimum absolute atomic E-state index is 0.151. The smallest absolute Gasteiger partial charge is 0.330 e. The Labute approximate surface area is 311 Å². The SMILES string of the molecule is COc1ccc(C(OC[C@H]2O[C@@H](n3cc(C(=O)NCc4ccccc4)c(=O)[nH]c3=O)[C@H](OC)[C@@H]2OC(C)=O)(c2ccccc2)c2ccc(OC)cc2)cc1. The summed E-state index contributed by atoms with van der Waals surface area (Å²) in [6.45, 7) is 1.23. The maximum absolute atomic E-state index is 13.3. The number of aromatic nitrogens is 2. The van der Waals surface area contributed by atoms with Crippen LogP contribution in [0.3, 0.4) is 0 Å². The van der Waals surface area contributed by atoms with Gasteiger partial charge in [0.2, 0.25) is 0 Å². The quantitative estimate of drug-likeness (QED) is 0.124. The van der Waals surface area contributed by atoms with E-state index in [0.29, 0.717) is 11.5 Å². The number of hydrogen-bond acceptors (Lipinski definition) is 10. The van der Waals surface area contributed by atoms with Gasteiger partial charge in [-0.2, -0.15) is 0 Å². The lowest BCUT2D eigenvalue weighted by molar-refractivity contribution is -0.157. The van der Waals surface area contributed by atoms with Gasteiger partial charge >= 0.3 is 11.7 Å². The molecule has 1 fully saturated rings. The van der Waals surface area contributed by atoms with Crippen LogP contribution in [0.15, 0.2) is 125 Å². The first-order valence-electron chi connectivity index (χ1n) is 17.2. The molecule has 0 radical (unpaired) electrons. The van der Waals surface area contributed by atoms with Crippen LogP contribution in [0, 0.1) is 0 Å². The predicted octanol–water partition coefficient (Wildman–Crippen LogP) is 4.34. The van der Waals surface area contributed by atoms with E-state index in [4.69, 9.17) is 28.4 Å². The van der Waals surface area contributed by atoms with Crippen LogP contribution in [0.5, 0.6) is 11.5 Å². The van der Waals surface area contributed by atoms with Gasteiger partial charge in [-0.15, -0.1) is 0 Å². The summed E-state index contributed by atoms with van der Waals surface area (Å²) in [5, 5.41) is 2.71. The van der Waals surface area contributed by atoms with Crippen molar-refractivity contribution in [3.05, 3.63) is 164 Å². The molecule has 5 aromatic rings. The molecule has 4 atom stereocenters. The van der Waals surface area contributed by atoms with E-state index >= 15 is 0 Å². The Balaban J connectivity index is 1.39. The second-order valence-corrected chi connectivity index (χ2v) is 12.5. The zero-order valence-electron chi connectivity index (χ0n) is 30.2. The fraction of sp³-hybridized carbons (Fsp3) is 0.268. The van der Waals surface area contributed by atoms with Crippen LogP contribution in [0.25, 0.3) is 0 Å². The number of ether oxygens (including phenoxy) is 6. The summed E-state index contributed by atoms with van der Waals surface area (Å²) in [6.07, 6.45) is -3.26. The molecular weight excluding hydrogens is 694 g/mol.